The van der Waals surface area contributed by atoms with E-state index in [0.717, 1.165) is 41.5 Å². The number of carbonyl (C=O) groups is 4. The van der Waals surface area contributed by atoms with E-state index in [9.17, 15) is 19.2 Å². The van der Waals surface area contributed by atoms with Gasteiger partial charge in [0.1, 0.15) is 5.78 Å². The molecule has 4 aromatic carbocycles. The normalized spacial score (nSPS) is 13.5. The second-order valence-corrected chi connectivity index (χ2v) is 18.6. The first-order valence-corrected chi connectivity index (χ1v) is 24.1. The van der Waals surface area contributed by atoms with Gasteiger partial charge in [-0.2, -0.15) is 0 Å². The van der Waals surface area contributed by atoms with E-state index in [-0.39, 0.29) is 88.7 Å². The molecule has 0 spiro atoms. The second kappa shape index (κ2) is 44.7. The zero-order valence-corrected chi connectivity index (χ0v) is 47.4. The molecule has 2 aliphatic carbocycles. The van der Waals surface area contributed by atoms with E-state index in [2.05, 4.69) is 87.0 Å². The number of benzene rings is 4. The van der Waals surface area contributed by atoms with E-state index in [1.807, 2.05) is 52.0 Å². The molecule has 14 nitrogen and oxygen atoms in total. The first-order valence-electron chi connectivity index (χ1n) is 24.1. The summed E-state index contributed by atoms with van der Waals surface area (Å²) in [5.41, 5.74) is 10.2. The summed E-state index contributed by atoms with van der Waals surface area (Å²) in [4.78, 5) is 44.2. The van der Waals surface area contributed by atoms with E-state index in [1.165, 1.54) is 67.5 Å². The van der Waals surface area contributed by atoms with Crippen LogP contribution >= 0.6 is 0 Å². The molecule has 406 valence electrons. The Morgan fingerprint density at radius 3 is 1.39 bits per heavy atom. The SMILES string of the molecule is CC(=O)C1=CCCCC1.CC(=O)C1CCCCC1c1ccc(C)cc1.CCOC(=O)C=C(C)C.COC(=O)CC(C)(C)c1ccc(C)cc1.Cc1ccc(B(O)O)cc1.Cc1ccc(B(O)O)cc1.O.O.[Li+].[Li+].[OH-].[OH-]. The van der Waals surface area contributed by atoms with Gasteiger partial charge in [0.15, 0.2) is 5.78 Å². The maximum atomic E-state index is 11.6. The smallest absolute Gasteiger partial charge is 0.870 e. The summed E-state index contributed by atoms with van der Waals surface area (Å²) in [5, 5.41) is 34.7. The van der Waals surface area contributed by atoms with Crippen LogP contribution in [0.15, 0.2) is 120 Å². The molecule has 1 fully saturated rings. The molecule has 0 bridgehead atoms. The number of rotatable bonds is 10. The topological polar surface area (TPSA) is 291 Å². The summed E-state index contributed by atoms with van der Waals surface area (Å²) in [7, 11) is -1.27. The van der Waals surface area contributed by atoms with E-state index in [1.54, 1.807) is 45.0 Å². The number of methoxy groups -OCH3 is 1. The zero-order valence-electron chi connectivity index (χ0n) is 47.4. The van der Waals surface area contributed by atoms with Gasteiger partial charge in [-0.25, -0.2) is 4.79 Å². The molecule has 1 saturated carbocycles. The van der Waals surface area contributed by atoms with Crippen molar-refractivity contribution < 1.29 is 108 Å². The van der Waals surface area contributed by atoms with Crippen molar-refractivity contribution in [2.75, 3.05) is 13.7 Å². The third-order valence-corrected chi connectivity index (χ3v) is 11.6. The fraction of sp³-hybridized carbons (Fsp3) is 0.439. The van der Waals surface area contributed by atoms with Crippen molar-refractivity contribution in [1.29, 1.82) is 0 Å². The van der Waals surface area contributed by atoms with E-state index >= 15 is 0 Å². The predicted molar refractivity (Wildman–Crippen MR) is 294 cm³/mol. The fourth-order valence-corrected chi connectivity index (χ4v) is 7.42. The Labute approximate surface area is 473 Å². The molecule has 0 saturated heterocycles. The molecule has 0 aliphatic heterocycles. The van der Waals surface area contributed by atoms with Crippen LogP contribution in [-0.2, 0) is 34.1 Å². The minimum absolute atomic E-state index is 0. The van der Waals surface area contributed by atoms with Gasteiger partial charge in [0.2, 0.25) is 0 Å². The van der Waals surface area contributed by atoms with Gasteiger partial charge in [0, 0.05) is 17.4 Å². The maximum absolute atomic E-state index is 11.6. The van der Waals surface area contributed by atoms with E-state index in [0.29, 0.717) is 35.7 Å². The third kappa shape index (κ3) is 35.6. The van der Waals surface area contributed by atoms with Gasteiger partial charge < -0.3 is 51.5 Å². The first-order chi connectivity index (χ1) is 32.5. The Kier molecular flexibility index (Phi) is 48.9. The van der Waals surface area contributed by atoms with Crippen LogP contribution in [0.4, 0.5) is 0 Å². The van der Waals surface area contributed by atoms with Crippen LogP contribution < -0.4 is 48.6 Å². The van der Waals surface area contributed by atoms with Gasteiger partial charge in [-0.1, -0.05) is 158 Å². The summed E-state index contributed by atoms with van der Waals surface area (Å²) in [5.74, 6) is 0.932. The maximum Gasteiger partial charge on any atom is 1.00 e. The Morgan fingerprint density at radius 2 is 1.05 bits per heavy atom. The quantitative estimate of drug-likeness (QED) is 0.100. The van der Waals surface area contributed by atoms with Crippen molar-refractivity contribution in [2.24, 2.45) is 5.92 Å². The molecule has 2 aliphatic rings. The van der Waals surface area contributed by atoms with Crippen molar-refractivity contribution in [3.63, 3.8) is 0 Å². The molecule has 4 aromatic rings. The molecule has 0 amide bonds. The number of ketones is 2. The Balaban J connectivity index is -0.000000190. The molecule has 2 unspecified atom stereocenters. The molecule has 10 N–H and O–H groups in total. The number of Topliss-reactive ketones (excluding diaryl/α,β-unsaturated/α-hetero) is 2. The van der Waals surface area contributed by atoms with Gasteiger partial charge in [-0.3, -0.25) is 14.4 Å². The van der Waals surface area contributed by atoms with E-state index in [4.69, 9.17) is 24.8 Å². The molecule has 0 heterocycles. The molecule has 6 rings (SSSR count). The van der Waals surface area contributed by atoms with Gasteiger partial charge >= 0.3 is 63.9 Å². The summed E-state index contributed by atoms with van der Waals surface area (Å²) >= 11 is 0. The average Bonchev–Trinajstić information content (AvgIpc) is 3.31. The number of hydrogen-bond donors (Lipinski definition) is 4. The zero-order chi connectivity index (χ0) is 52.1. The van der Waals surface area contributed by atoms with Crippen molar-refractivity contribution >= 4 is 48.7 Å². The Hall–Kier alpha value is -4.36. The molecule has 2 atom stereocenters. The third-order valence-electron chi connectivity index (χ3n) is 11.6. The minimum Gasteiger partial charge on any atom is -0.870 e. The number of carbonyl (C=O) groups excluding carboxylic acids is 4. The van der Waals surface area contributed by atoms with Gasteiger partial charge in [-0.15, -0.1) is 0 Å². The largest absolute Gasteiger partial charge is 1.00 e. The molecule has 0 aromatic heterocycles. The Bertz CT molecular complexity index is 2140. The van der Waals surface area contributed by atoms with Crippen molar-refractivity contribution in [3.8, 4) is 0 Å². The van der Waals surface area contributed by atoms with Crippen LogP contribution in [0, 0.1) is 33.6 Å². The van der Waals surface area contributed by atoms with Crippen molar-refractivity contribution in [1.82, 2.24) is 0 Å². The monoisotopic (exact) mass is 1030 g/mol. The van der Waals surface area contributed by atoms with Crippen LogP contribution in [0.2, 0.25) is 0 Å². The van der Waals surface area contributed by atoms with Gasteiger partial charge in [0.25, 0.3) is 0 Å². The van der Waals surface area contributed by atoms with Crippen LogP contribution in [0.1, 0.15) is 146 Å². The molecule has 0 radical (unpaired) electrons. The first kappa shape index (κ1) is 82.0. The minimum atomic E-state index is -1.35. The van der Waals surface area contributed by atoms with Crippen molar-refractivity contribution in [2.45, 2.75) is 145 Å². The average molecular weight is 1030 g/mol. The molecule has 75 heavy (non-hydrogen) atoms. The number of allylic oxidation sites excluding steroid dienone is 3. The van der Waals surface area contributed by atoms with Gasteiger partial charge in [0.05, 0.1) is 20.1 Å². The Morgan fingerprint density at radius 1 is 0.640 bits per heavy atom. The predicted octanol–water partition coefficient (Wildman–Crippen LogP) is 1.64. The summed E-state index contributed by atoms with van der Waals surface area (Å²) in [6.45, 7) is 21.5. The van der Waals surface area contributed by atoms with Crippen LogP contribution in [-0.4, -0.2) is 93.5 Å². The molecular weight excluding hydrogens is 944 g/mol. The van der Waals surface area contributed by atoms with Crippen LogP contribution in [0.5, 0.6) is 0 Å². The second-order valence-electron chi connectivity index (χ2n) is 18.6. The standard InChI is InChI=1S/C15H20O.C13H18O2.C8H12O.2C7H9BO2.C7H12O2.2Li.4H2O/c1-11-7-9-13(10-8-11)15-6-4-3-5-14(15)12(2)16;1-10-5-7-11(8-6-10)13(2,3)9-12(14)15-4;1-7(9)8-5-3-2-4-6-8;2*1-6-2-4-7(5-3-6)8(9)10;1-4-9-7(8)5-6(2)3;;;;;;/h7-10,14-15H,3-6H2,1-2H3;5-8H,9H2,1-4H3;5H,2-4,6H2,1H3;2*2-5,9-10H,1H3;5H,4H2,1-3H3;;;4*1H2/q;;;;;;2*+1;;;;/p-2. The summed E-state index contributed by atoms with van der Waals surface area (Å²) < 4.78 is 9.33. The van der Waals surface area contributed by atoms with Crippen LogP contribution in [0.3, 0.4) is 0 Å². The summed E-state index contributed by atoms with van der Waals surface area (Å²) in [6, 6.07) is 31.1. The van der Waals surface area contributed by atoms with Gasteiger partial charge in [-0.05, 0) is 134 Å². The molecule has 18 heteroatoms. The number of esters is 2. The molecular formula is C57H86B2Li2O14. The van der Waals surface area contributed by atoms with Crippen LogP contribution in [0.25, 0.3) is 0 Å². The summed E-state index contributed by atoms with van der Waals surface area (Å²) in [6.07, 6.45) is 13.3. The van der Waals surface area contributed by atoms with Crippen molar-refractivity contribution in [3.05, 3.63) is 154 Å². The number of ether oxygens (including phenoxy) is 2. The fourth-order valence-electron chi connectivity index (χ4n) is 7.42. The number of hydrogen-bond acceptors (Lipinski definition) is 12. The van der Waals surface area contributed by atoms with E-state index < -0.39 is 14.2 Å². The number of aryl methyl sites for hydroxylation is 4.